The van der Waals surface area contributed by atoms with Crippen LogP contribution in [-0.4, -0.2) is 49.1 Å². The van der Waals surface area contributed by atoms with Crippen LogP contribution < -0.4 is 5.32 Å². The number of thioether (sulfide) groups is 1. The molecule has 3 heteroatoms. The molecule has 98 valence electrons. The molecule has 0 spiro atoms. The van der Waals surface area contributed by atoms with E-state index in [1.165, 1.54) is 25.0 Å². The molecule has 2 atom stereocenters. The van der Waals surface area contributed by atoms with Gasteiger partial charge in [-0.15, -0.1) is 0 Å². The van der Waals surface area contributed by atoms with Crippen molar-refractivity contribution in [1.29, 1.82) is 0 Å². The topological polar surface area (TPSA) is 15.3 Å². The Labute approximate surface area is 107 Å². The van der Waals surface area contributed by atoms with Crippen LogP contribution in [0.2, 0.25) is 0 Å². The zero-order valence-electron chi connectivity index (χ0n) is 11.8. The fourth-order valence-corrected chi connectivity index (χ4v) is 2.66. The zero-order chi connectivity index (χ0) is 12.4. The van der Waals surface area contributed by atoms with Gasteiger partial charge in [-0.1, -0.05) is 20.3 Å². The molecule has 0 heterocycles. The second kappa shape index (κ2) is 10.4. The lowest BCUT2D eigenvalue weighted by Gasteiger charge is -2.33. The molecule has 0 aromatic heterocycles. The second-order valence-electron chi connectivity index (χ2n) is 4.62. The molecule has 0 rings (SSSR count). The average molecular weight is 246 g/mol. The van der Waals surface area contributed by atoms with Crippen LogP contribution >= 0.6 is 11.8 Å². The third kappa shape index (κ3) is 6.77. The molecule has 1 N–H and O–H groups in total. The maximum atomic E-state index is 3.55. The van der Waals surface area contributed by atoms with Crippen molar-refractivity contribution in [3.05, 3.63) is 0 Å². The summed E-state index contributed by atoms with van der Waals surface area (Å²) in [6.07, 6.45) is 5.98. The van der Waals surface area contributed by atoms with E-state index in [1.54, 1.807) is 0 Å². The standard InChI is InChI=1S/C13H30N2S/c1-6-8-13(10-14-9-7-2)15(4)12(3)11-16-5/h12-14H,6-11H2,1-5H3. The minimum atomic E-state index is 0.676. The number of nitrogens with zero attached hydrogens (tertiary/aromatic N) is 1. The summed E-state index contributed by atoms with van der Waals surface area (Å²) in [7, 11) is 2.27. The van der Waals surface area contributed by atoms with Crippen LogP contribution in [0.4, 0.5) is 0 Å². The molecule has 0 bridgehead atoms. The molecular weight excluding hydrogens is 216 g/mol. The molecule has 0 aromatic carbocycles. The van der Waals surface area contributed by atoms with Gasteiger partial charge in [-0.05, 0) is 39.6 Å². The molecule has 2 unspecified atom stereocenters. The van der Waals surface area contributed by atoms with E-state index in [0.717, 1.165) is 13.1 Å². The van der Waals surface area contributed by atoms with Gasteiger partial charge in [-0.3, -0.25) is 4.90 Å². The highest BCUT2D eigenvalue weighted by Gasteiger charge is 2.18. The van der Waals surface area contributed by atoms with Crippen molar-refractivity contribution in [2.45, 2.75) is 52.1 Å². The zero-order valence-corrected chi connectivity index (χ0v) is 12.6. The van der Waals surface area contributed by atoms with Crippen molar-refractivity contribution < 1.29 is 0 Å². The highest BCUT2D eigenvalue weighted by atomic mass is 32.2. The molecule has 0 aliphatic heterocycles. The first kappa shape index (κ1) is 16.3. The van der Waals surface area contributed by atoms with E-state index in [2.05, 4.69) is 44.3 Å². The van der Waals surface area contributed by atoms with E-state index in [4.69, 9.17) is 0 Å². The maximum absolute atomic E-state index is 3.55. The van der Waals surface area contributed by atoms with Crippen LogP contribution in [-0.2, 0) is 0 Å². The van der Waals surface area contributed by atoms with Crippen molar-refractivity contribution in [2.75, 3.05) is 32.1 Å². The Hall–Kier alpha value is 0.270. The third-order valence-corrected chi connectivity index (χ3v) is 3.92. The molecule has 0 aliphatic rings. The van der Waals surface area contributed by atoms with E-state index in [1.807, 2.05) is 11.8 Å². The van der Waals surface area contributed by atoms with E-state index in [0.29, 0.717) is 12.1 Å². The van der Waals surface area contributed by atoms with Crippen LogP contribution in [0.25, 0.3) is 0 Å². The van der Waals surface area contributed by atoms with Gasteiger partial charge in [0.2, 0.25) is 0 Å². The molecule has 0 amide bonds. The lowest BCUT2D eigenvalue weighted by molar-refractivity contribution is 0.183. The molecule has 0 aromatic rings. The lowest BCUT2D eigenvalue weighted by Crippen LogP contribution is -2.45. The molecular formula is C13H30N2S. The summed E-state index contributed by atoms with van der Waals surface area (Å²) in [4.78, 5) is 2.54. The SMILES string of the molecule is CCCNCC(CCC)N(C)C(C)CSC. The van der Waals surface area contributed by atoms with Crippen molar-refractivity contribution >= 4 is 11.8 Å². The molecule has 0 fully saturated rings. The Morgan fingerprint density at radius 1 is 1.25 bits per heavy atom. The Morgan fingerprint density at radius 2 is 1.94 bits per heavy atom. The van der Waals surface area contributed by atoms with Gasteiger partial charge in [0.05, 0.1) is 0 Å². The summed E-state index contributed by atoms with van der Waals surface area (Å²) < 4.78 is 0. The highest BCUT2D eigenvalue weighted by molar-refractivity contribution is 7.98. The van der Waals surface area contributed by atoms with Gasteiger partial charge < -0.3 is 5.32 Å². The smallest absolute Gasteiger partial charge is 0.0220 e. The summed E-state index contributed by atoms with van der Waals surface area (Å²) in [6.45, 7) is 9.11. The van der Waals surface area contributed by atoms with Gasteiger partial charge >= 0.3 is 0 Å². The number of likely N-dealkylation sites (N-methyl/N-ethyl adjacent to an activating group) is 1. The minimum absolute atomic E-state index is 0.676. The van der Waals surface area contributed by atoms with Crippen LogP contribution in [0.15, 0.2) is 0 Å². The van der Waals surface area contributed by atoms with Crippen LogP contribution in [0, 0.1) is 0 Å². The number of hydrogen-bond acceptors (Lipinski definition) is 3. The highest BCUT2D eigenvalue weighted by Crippen LogP contribution is 2.11. The monoisotopic (exact) mass is 246 g/mol. The quantitative estimate of drug-likeness (QED) is 0.597. The van der Waals surface area contributed by atoms with E-state index in [9.17, 15) is 0 Å². The predicted octanol–water partition coefficient (Wildman–Crippen LogP) is 2.84. The normalized spacial score (nSPS) is 15.4. The van der Waals surface area contributed by atoms with Crippen molar-refractivity contribution in [2.24, 2.45) is 0 Å². The van der Waals surface area contributed by atoms with E-state index < -0.39 is 0 Å². The largest absolute Gasteiger partial charge is 0.315 e. The Balaban J connectivity index is 4.05. The van der Waals surface area contributed by atoms with Gasteiger partial charge in [0, 0.05) is 24.4 Å². The fourth-order valence-electron chi connectivity index (χ4n) is 1.95. The maximum Gasteiger partial charge on any atom is 0.0220 e. The summed E-state index contributed by atoms with van der Waals surface area (Å²) in [5, 5.41) is 3.55. The lowest BCUT2D eigenvalue weighted by atomic mass is 10.1. The summed E-state index contributed by atoms with van der Waals surface area (Å²) in [5.41, 5.74) is 0. The molecule has 0 aliphatic carbocycles. The van der Waals surface area contributed by atoms with Gasteiger partial charge in [0.15, 0.2) is 0 Å². The Kier molecular flexibility index (Phi) is 10.6. The van der Waals surface area contributed by atoms with E-state index in [-0.39, 0.29) is 0 Å². The molecule has 0 saturated carbocycles. The first-order valence-corrected chi connectivity index (χ1v) is 7.98. The number of rotatable bonds is 10. The summed E-state index contributed by atoms with van der Waals surface area (Å²) in [5.74, 6) is 1.23. The van der Waals surface area contributed by atoms with E-state index >= 15 is 0 Å². The van der Waals surface area contributed by atoms with Crippen molar-refractivity contribution in [3.63, 3.8) is 0 Å². The van der Waals surface area contributed by atoms with Crippen LogP contribution in [0.3, 0.4) is 0 Å². The number of hydrogen-bond donors (Lipinski definition) is 1. The fraction of sp³-hybridized carbons (Fsp3) is 1.00. The summed E-state index contributed by atoms with van der Waals surface area (Å²) >= 11 is 1.94. The summed E-state index contributed by atoms with van der Waals surface area (Å²) in [6, 6.07) is 1.37. The van der Waals surface area contributed by atoms with Gasteiger partial charge in [0.25, 0.3) is 0 Å². The van der Waals surface area contributed by atoms with Crippen molar-refractivity contribution in [3.8, 4) is 0 Å². The second-order valence-corrected chi connectivity index (χ2v) is 5.53. The molecule has 16 heavy (non-hydrogen) atoms. The van der Waals surface area contributed by atoms with Gasteiger partial charge in [-0.25, -0.2) is 0 Å². The Morgan fingerprint density at radius 3 is 2.44 bits per heavy atom. The molecule has 0 saturated heterocycles. The van der Waals surface area contributed by atoms with Crippen LogP contribution in [0.1, 0.15) is 40.0 Å². The molecule has 0 radical (unpaired) electrons. The molecule has 2 nitrogen and oxygen atoms in total. The average Bonchev–Trinajstić information content (AvgIpc) is 2.27. The van der Waals surface area contributed by atoms with Gasteiger partial charge in [-0.2, -0.15) is 11.8 Å². The van der Waals surface area contributed by atoms with Gasteiger partial charge in [0.1, 0.15) is 0 Å². The Bertz CT molecular complexity index is 153. The van der Waals surface area contributed by atoms with Crippen molar-refractivity contribution in [1.82, 2.24) is 10.2 Å². The first-order chi connectivity index (χ1) is 7.67. The number of nitrogens with one attached hydrogen (secondary N) is 1. The predicted molar refractivity (Wildman–Crippen MR) is 77.5 cm³/mol. The first-order valence-electron chi connectivity index (χ1n) is 6.58. The third-order valence-electron chi connectivity index (χ3n) is 3.11. The van der Waals surface area contributed by atoms with Crippen LogP contribution in [0.5, 0.6) is 0 Å². The minimum Gasteiger partial charge on any atom is -0.315 e.